The second-order valence-electron chi connectivity index (χ2n) is 8.95. The second-order valence-corrected chi connectivity index (χ2v) is 9.39. The van der Waals surface area contributed by atoms with Gasteiger partial charge >= 0.3 is 0 Å². The minimum atomic E-state index is -1.06. The summed E-state index contributed by atoms with van der Waals surface area (Å²) in [7, 11) is 0. The number of para-hydroxylation sites is 1. The molecule has 1 aliphatic rings. The summed E-state index contributed by atoms with van der Waals surface area (Å²) in [5.74, 6) is 0.641. The number of fused-ring (bicyclic) bond motifs is 1. The Hall–Kier alpha value is -2.13. The maximum absolute atomic E-state index is 12.0. The molecule has 1 aromatic heterocycles. The molecule has 7 nitrogen and oxygen atoms in total. The fourth-order valence-electron chi connectivity index (χ4n) is 4.38. The first kappa shape index (κ1) is 27.5. The van der Waals surface area contributed by atoms with Crippen molar-refractivity contribution in [1.82, 2.24) is 15.2 Å². The average Bonchev–Trinajstić information content (AvgIpc) is 3.26. The summed E-state index contributed by atoms with van der Waals surface area (Å²) in [6.07, 6.45) is 2.97. The van der Waals surface area contributed by atoms with E-state index in [0.29, 0.717) is 43.6 Å². The van der Waals surface area contributed by atoms with Crippen molar-refractivity contribution in [3.63, 3.8) is 0 Å². The summed E-state index contributed by atoms with van der Waals surface area (Å²) in [6.45, 7) is 6.77. The van der Waals surface area contributed by atoms with Gasteiger partial charge in [0.25, 0.3) is 0 Å². The molecule has 2 aromatic carbocycles. The molecule has 0 bridgehead atoms. The highest BCUT2D eigenvalue weighted by Crippen LogP contribution is 2.31. The number of aldehydes is 1. The van der Waals surface area contributed by atoms with Gasteiger partial charge in [-0.15, -0.1) is 12.4 Å². The number of benzene rings is 2. The number of halogens is 2. The maximum Gasteiger partial charge on any atom is 0.217 e. The molecule has 1 fully saturated rings. The lowest BCUT2D eigenvalue weighted by molar-refractivity contribution is -0.145. The van der Waals surface area contributed by atoms with Crippen LogP contribution in [-0.4, -0.2) is 65.9 Å². The van der Waals surface area contributed by atoms with Gasteiger partial charge in [0.15, 0.2) is 6.29 Å². The van der Waals surface area contributed by atoms with Crippen LogP contribution in [0.1, 0.15) is 31.1 Å². The Morgan fingerprint density at radius 2 is 2.03 bits per heavy atom. The lowest BCUT2D eigenvalue weighted by Gasteiger charge is -2.39. The van der Waals surface area contributed by atoms with Gasteiger partial charge in [-0.05, 0) is 49.6 Å². The van der Waals surface area contributed by atoms with Crippen LogP contribution in [0.15, 0.2) is 48.7 Å². The third-order valence-electron chi connectivity index (χ3n) is 6.36. The summed E-state index contributed by atoms with van der Waals surface area (Å²) in [6, 6.07) is 13.3. The van der Waals surface area contributed by atoms with Crippen molar-refractivity contribution in [2.75, 3.05) is 32.8 Å². The van der Waals surface area contributed by atoms with Gasteiger partial charge in [-0.1, -0.05) is 35.9 Å². The van der Waals surface area contributed by atoms with Crippen molar-refractivity contribution in [3.8, 4) is 5.75 Å². The first-order valence-corrected chi connectivity index (χ1v) is 12.0. The van der Waals surface area contributed by atoms with Crippen LogP contribution < -0.4 is 10.1 Å². The van der Waals surface area contributed by atoms with Crippen LogP contribution in [0.25, 0.3) is 10.9 Å². The zero-order valence-corrected chi connectivity index (χ0v) is 21.6. The molecule has 3 aromatic rings. The Kier molecular flexibility index (Phi) is 9.58. The molecule has 2 heterocycles. The normalized spacial score (nSPS) is 17.8. The van der Waals surface area contributed by atoms with E-state index in [0.717, 1.165) is 34.7 Å². The van der Waals surface area contributed by atoms with Crippen molar-refractivity contribution in [3.05, 3.63) is 64.8 Å². The number of aliphatic hydroxyl groups excluding tert-OH is 1. The molecule has 1 saturated heterocycles. The van der Waals surface area contributed by atoms with Crippen molar-refractivity contribution < 1.29 is 19.4 Å². The fourth-order valence-corrected chi connectivity index (χ4v) is 4.58. The van der Waals surface area contributed by atoms with Gasteiger partial charge in [-0.2, -0.15) is 0 Å². The third kappa shape index (κ3) is 6.55. The summed E-state index contributed by atoms with van der Waals surface area (Å²) < 4.78 is 11.7. The summed E-state index contributed by atoms with van der Waals surface area (Å²) in [5, 5.41) is 15.6. The highest BCUT2D eigenvalue weighted by atomic mass is 35.5. The number of hydrogen-bond acceptors (Lipinski definition) is 6. The zero-order valence-electron chi connectivity index (χ0n) is 20.0. The first-order valence-electron chi connectivity index (χ1n) is 11.6. The maximum atomic E-state index is 12.0. The molecule has 1 aliphatic heterocycles. The molecule has 0 spiro atoms. The van der Waals surface area contributed by atoms with Crippen LogP contribution in [0.2, 0.25) is 5.02 Å². The molecule has 0 aliphatic carbocycles. The number of aromatic amines is 1. The van der Waals surface area contributed by atoms with Crippen molar-refractivity contribution >= 4 is 41.2 Å². The number of aromatic nitrogens is 1. The molecule has 3 N–H and O–H groups in total. The standard InChI is InChI=1S/C26H32ClN3O4.ClH/c1-18(28-16-23(32)19-5-3-6-21(27)14-19)13-20-15-29-25-22(20)7-4-8-24(25)34-26(2,17-31)30-9-11-33-12-10-30;/h3-8,14-15,17-18,23,28-29,32H,9-13,16H2,1-2H3;1H/t18-,23+,26+;/m1./s1. The molecule has 3 atom stereocenters. The summed E-state index contributed by atoms with van der Waals surface area (Å²) >= 11 is 6.04. The Labute approximate surface area is 217 Å². The molecule has 0 unspecified atom stereocenters. The molecule has 0 radical (unpaired) electrons. The van der Waals surface area contributed by atoms with Crippen LogP contribution in [-0.2, 0) is 16.0 Å². The summed E-state index contributed by atoms with van der Waals surface area (Å²) in [4.78, 5) is 17.3. The Morgan fingerprint density at radius 3 is 2.74 bits per heavy atom. The highest BCUT2D eigenvalue weighted by Gasteiger charge is 2.35. The molecule has 9 heteroatoms. The minimum absolute atomic E-state index is 0. The number of rotatable bonds is 10. The number of carbonyl (C=O) groups is 1. The van der Waals surface area contributed by atoms with E-state index in [1.54, 1.807) is 19.1 Å². The van der Waals surface area contributed by atoms with Gasteiger partial charge < -0.3 is 24.9 Å². The number of H-pyrrole nitrogens is 1. The summed E-state index contributed by atoms with van der Waals surface area (Å²) in [5.41, 5.74) is 1.73. The van der Waals surface area contributed by atoms with Gasteiger partial charge in [-0.25, -0.2) is 0 Å². The van der Waals surface area contributed by atoms with E-state index >= 15 is 0 Å². The van der Waals surface area contributed by atoms with E-state index in [1.807, 2.05) is 35.4 Å². The second kappa shape index (κ2) is 12.2. The van der Waals surface area contributed by atoms with Crippen LogP contribution in [0, 0.1) is 0 Å². The number of morpholine rings is 1. The predicted octanol–water partition coefficient (Wildman–Crippen LogP) is 4.12. The lowest BCUT2D eigenvalue weighted by atomic mass is 10.0. The average molecular weight is 522 g/mol. The molecule has 4 rings (SSSR count). The van der Waals surface area contributed by atoms with Gasteiger partial charge in [0.05, 0.1) is 24.8 Å². The Bertz CT molecular complexity index is 1120. The van der Waals surface area contributed by atoms with Crippen molar-refractivity contribution in [2.24, 2.45) is 0 Å². The monoisotopic (exact) mass is 521 g/mol. The molecule has 35 heavy (non-hydrogen) atoms. The first-order chi connectivity index (χ1) is 16.4. The molecule has 190 valence electrons. The largest absolute Gasteiger partial charge is 0.464 e. The van der Waals surface area contributed by atoms with E-state index in [-0.39, 0.29) is 18.4 Å². The number of hydrogen-bond donors (Lipinski definition) is 3. The van der Waals surface area contributed by atoms with E-state index < -0.39 is 11.8 Å². The van der Waals surface area contributed by atoms with E-state index in [9.17, 15) is 9.90 Å². The van der Waals surface area contributed by atoms with E-state index in [2.05, 4.69) is 23.3 Å². The van der Waals surface area contributed by atoms with Gasteiger partial charge in [0.1, 0.15) is 5.75 Å². The number of aliphatic hydroxyl groups is 1. The Balaban J connectivity index is 0.00000342. The predicted molar refractivity (Wildman–Crippen MR) is 141 cm³/mol. The van der Waals surface area contributed by atoms with Crippen molar-refractivity contribution in [1.29, 1.82) is 0 Å². The number of ether oxygens (including phenoxy) is 2. The van der Waals surface area contributed by atoms with Gasteiger partial charge in [-0.3, -0.25) is 9.69 Å². The number of carbonyl (C=O) groups excluding carboxylic acids is 1. The van der Waals surface area contributed by atoms with Crippen LogP contribution in [0.4, 0.5) is 0 Å². The Morgan fingerprint density at radius 1 is 1.29 bits per heavy atom. The van der Waals surface area contributed by atoms with E-state index in [4.69, 9.17) is 21.1 Å². The van der Waals surface area contributed by atoms with Crippen LogP contribution in [0.5, 0.6) is 5.75 Å². The fraction of sp³-hybridized carbons (Fsp3) is 0.423. The zero-order chi connectivity index (χ0) is 24.1. The number of nitrogens with one attached hydrogen (secondary N) is 2. The SMILES string of the molecule is C[C@H](Cc1c[nH]c2c(O[C@@](C)(C=O)N3CCOCC3)cccc12)NC[C@H](O)c1cccc(Cl)c1.Cl. The van der Waals surface area contributed by atoms with Gasteiger partial charge in [0.2, 0.25) is 5.72 Å². The van der Waals surface area contributed by atoms with Gasteiger partial charge in [0, 0.05) is 42.3 Å². The highest BCUT2D eigenvalue weighted by molar-refractivity contribution is 6.30. The topological polar surface area (TPSA) is 86.8 Å². The van der Waals surface area contributed by atoms with Crippen LogP contribution in [0.3, 0.4) is 0 Å². The molecule has 0 saturated carbocycles. The molecule has 0 amide bonds. The molecular formula is C26H33Cl2N3O4. The molecular weight excluding hydrogens is 489 g/mol. The van der Waals surface area contributed by atoms with Crippen molar-refractivity contribution in [2.45, 2.75) is 38.1 Å². The lowest BCUT2D eigenvalue weighted by Crippen LogP contribution is -2.56. The number of nitrogens with zero attached hydrogens (tertiary/aromatic N) is 1. The quantitative estimate of drug-likeness (QED) is 0.348. The smallest absolute Gasteiger partial charge is 0.217 e. The minimum Gasteiger partial charge on any atom is -0.464 e. The van der Waals surface area contributed by atoms with E-state index in [1.165, 1.54) is 0 Å². The third-order valence-corrected chi connectivity index (χ3v) is 6.59. The van der Waals surface area contributed by atoms with Crippen LogP contribution >= 0.6 is 24.0 Å².